The van der Waals surface area contributed by atoms with E-state index in [4.69, 9.17) is 5.11 Å². The minimum atomic E-state index is -0.899. The molecule has 5 nitrogen and oxygen atoms in total. The molecule has 1 saturated heterocycles. The van der Waals surface area contributed by atoms with Crippen LogP contribution < -0.4 is 5.32 Å². The summed E-state index contributed by atoms with van der Waals surface area (Å²) in [4.78, 5) is 24.1. The molecule has 2 rings (SSSR count). The number of hydrogen-bond acceptors (Lipinski definition) is 2. The van der Waals surface area contributed by atoms with Crippen LogP contribution in [0.4, 0.5) is 4.79 Å². The quantitative estimate of drug-likeness (QED) is 0.883. The molecule has 20 heavy (non-hydrogen) atoms. The first-order valence-electron chi connectivity index (χ1n) is 6.87. The van der Waals surface area contributed by atoms with E-state index in [0.717, 1.165) is 13.0 Å². The summed E-state index contributed by atoms with van der Waals surface area (Å²) in [6.07, 6.45) is 0.913. The highest BCUT2D eigenvalue weighted by atomic mass is 16.4. The number of likely N-dealkylation sites (tertiary alicyclic amines) is 1. The van der Waals surface area contributed by atoms with Crippen molar-refractivity contribution in [2.75, 3.05) is 19.6 Å². The van der Waals surface area contributed by atoms with Gasteiger partial charge in [-0.25, -0.2) is 4.79 Å². The fourth-order valence-electron chi connectivity index (χ4n) is 2.53. The van der Waals surface area contributed by atoms with Crippen molar-refractivity contribution >= 4 is 12.0 Å². The molecule has 0 aliphatic carbocycles. The molecule has 1 fully saturated rings. The summed E-state index contributed by atoms with van der Waals surface area (Å²) in [6.45, 7) is 3.66. The van der Waals surface area contributed by atoms with Crippen molar-refractivity contribution in [2.24, 2.45) is 0 Å². The highest BCUT2D eigenvalue weighted by Gasteiger charge is 2.27. The zero-order valence-electron chi connectivity index (χ0n) is 11.6. The van der Waals surface area contributed by atoms with E-state index in [0.29, 0.717) is 12.5 Å². The predicted octanol–water partition coefficient (Wildman–Crippen LogP) is 1.97. The molecule has 0 aromatic heterocycles. The van der Waals surface area contributed by atoms with Gasteiger partial charge in [0.1, 0.15) is 0 Å². The van der Waals surface area contributed by atoms with E-state index in [1.807, 2.05) is 6.07 Å². The van der Waals surface area contributed by atoms with E-state index in [-0.39, 0.29) is 19.0 Å². The molecular formula is C15H20N2O3. The van der Waals surface area contributed by atoms with Gasteiger partial charge in [-0.3, -0.25) is 4.79 Å². The lowest BCUT2D eigenvalue weighted by atomic mass is 9.97. The van der Waals surface area contributed by atoms with E-state index >= 15 is 0 Å². The van der Waals surface area contributed by atoms with Gasteiger partial charge < -0.3 is 15.3 Å². The first kappa shape index (κ1) is 14.4. The Morgan fingerprint density at radius 3 is 2.95 bits per heavy atom. The number of aliphatic carboxylic acids is 1. The van der Waals surface area contributed by atoms with Crippen LogP contribution in [0.2, 0.25) is 0 Å². The van der Waals surface area contributed by atoms with Crippen LogP contribution in [0.3, 0.4) is 0 Å². The van der Waals surface area contributed by atoms with E-state index in [1.165, 1.54) is 11.1 Å². The number of nitrogens with one attached hydrogen (secondary N) is 1. The number of benzene rings is 1. The molecule has 2 N–H and O–H groups in total. The Morgan fingerprint density at radius 1 is 1.45 bits per heavy atom. The Bertz CT molecular complexity index is 502. The highest BCUT2D eigenvalue weighted by molar-refractivity contribution is 5.75. The average molecular weight is 276 g/mol. The number of amides is 2. The number of carbonyl (C=O) groups excluding carboxylic acids is 1. The van der Waals surface area contributed by atoms with E-state index in [9.17, 15) is 9.59 Å². The smallest absolute Gasteiger partial charge is 0.317 e. The average Bonchev–Trinajstić information content (AvgIpc) is 2.87. The van der Waals surface area contributed by atoms with Crippen LogP contribution in [-0.4, -0.2) is 41.6 Å². The standard InChI is InChI=1S/C15H20N2O3/c1-11-3-2-4-12(9-11)13-6-8-17(10-13)15(20)16-7-5-14(18)19/h2-4,9,13H,5-8,10H2,1H3,(H,16,20)(H,18,19). The summed E-state index contributed by atoms with van der Waals surface area (Å²) in [5.74, 6) is -0.524. The highest BCUT2D eigenvalue weighted by Crippen LogP contribution is 2.27. The molecule has 0 spiro atoms. The fourth-order valence-corrected chi connectivity index (χ4v) is 2.53. The summed E-state index contributed by atoms with van der Waals surface area (Å²) < 4.78 is 0. The van der Waals surface area contributed by atoms with Crippen LogP contribution >= 0.6 is 0 Å². The second-order valence-corrected chi connectivity index (χ2v) is 5.22. The van der Waals surface area contributed by atoms with E-state index in [1.54, 1.807) is 4.90 Å². The van der Waals surface area contributed by atoms with Gasteiger partial charge in [-0.15, -0.1) is 0 Å². The van der Waals surface area contributed by atoms with Crippen LogP contribution in [-0.2, 0) is 4.79 Å². The van der Waals surface area contributed by atoms with Crippen molar-refractivity contribution in [1.82, 2.24) is 10.2 Å². The molecular weight excluding hydrogens is 256 g/mol. The number of carboxylic acids is 1. The van der Waals surface area contributed by atoms with Crippen LogP contribution in [0, 0.1) is 6.92 Å². The monoisotopic (exact) mass is 276 g/mol. The van der Waals surface area contributed by atoms with Crippen molar-refractivity contribution in [3.63, 3.8) is 0 Å². The molecule has 2 amide bonds. The lowest BCUT2D eigenvalue weighted by molar-refractivity contribution is -0.136. The molecule has 5 heteroatoms. The Balaban J connectivity index is 1.85. The van der Waals surface area contributed by atoms with Gasteiger partial charge in [-0.2, -0.15) is 0 Å². The number of carboxylic acid groups (broad SMARTS) is 1. The molecule has 1 unspecified atom stereocenters. The topological polar surface area (TPSA) is 69.6 Å². The largest absolute Gasteiger partial charge is 0.481 e. The molecule has 1 aromatic carbocycles. The zero-order chi connectivity index (χ0) is 14.5. The third kappa shape index (κ3) is 3.73. The Kier molecular flexibility index (Phi) is 4.61. The molecule has 0 saturated carbocycles. The Hall–Kier alpha value is -2.04. The maximum absolute atomic E-state index is 11.9. The van der Waals surface area contributed by atoms with Gasteiger partial charge in [-0.1, -0.05) is 29.8 Å². The van der Waals surface area contributed by atoms with Crippen molar-refractivity contribution in [1.29, 1.82) is 0 Å². The summed E-state index contributed by atoms with van der Waals surface area (Å²) in [7, 11) is 0. The number of hydrogen-bond donors (Lipinski definition) is 2. The van der Waals surface area contributed by atoms with Crippen molar-refractivity contribution in [3.8, 4) is 0 Å². The Morgan fingerprint density at radius 2 is 2.25 bits per heavy atom. The summed E-state index contributed by atoms with van der Waals surface area (Å²) in [6, 6.07) is 8.20. The normalized spacial score (nSPS) is 18.1. The van der Waals surface area contributed by atoms with Crippen LogP contribution in [0.5, 0.6) is 0 Å². The van der Waals surface area contributed by atoms with Crippen LogP contribution in [0.1, 0.15) is 29.9 Å². The maximum Gasteiger partial charge on any atom is 0.317 e. The second kappa shape index (κ2) is 6.41. The van der Waals surface area contributed by atoms with Gasteiger partial charge in [0.2, 0.25) is 0 Å². The minimum Gasteiger partial charge on any atom is -0.481 e. The summed E-state index contributed by atoms with van der Waals surface area (Å²) in [5.41, 5.74) is 2.50. The number of aryl methyl sites for hydroxylation is 1. The lowest BCUT2D eigenvalue weighted by Crippen LogP contribution is -2.39. The molecule has 1 aliphatic heterocycles. The maximum atomic E-state index is 11.9. The van der Waals surface area contributed by atoms with Crippen LogP contribution in [0.15, 0.2) is 24.3 Å². The number of nitrogens with zero attached hydrogens (tertiary/aromatic N) is 1. The van der Waals surface area contributed by atoms with Crippen molar-refractivity contribution in [2.45, 2.75) is 25.7 Å². The van der Waals surface area contributed by atoms with E-state index < -0.39 is 5.97 Å². The first-order valence-corrected chi connectivity index (χ1v) is 6.87. The zero-order valence-corrected chi connectivity index (χ0v) is 11.6. The second-order valence-electron chi connectivity index (χ2n) is 5.22. The minimum absolute atomic E-state index is 0.0408. The SMILES string of the molecule is Cc1cccc(C2CCN(C(=O)NCCC(=O)O)C2)c1. The van der Waals surface area contributed by atoms with E-state index in [2.05, 4.69) is 30.4 Å². The lowest BCUT2D eigenvalue weighted by Gasteiger charge is -2.17. The van der Waals surface area contributed by atoms with Crippen molar-refractivity contribution < 1.29 is 14.7 Å². The number of urea groups is 1. The molecule has 1 aromatic rings. The van der Waals surface area contributed by atoms with Gasteiger partial charge in [0.05, 0.1) is 6.42 Å². The number of rotatable bonds is 4. The summed E-state index contributed by atoms with van der Waals surface area (Å²) >= 11 is 0. The predicted molar refractivity (Wildman–Crippen MR) is 75.8 cm³/mol. The third-order valence-corrected chi connectivity index (χ3v) is 3.60. The molecule has 1 aliphatic rings. The van der Waals surface area contributed by atoms with Gasteiger partial charge in [-0.05, 0) is 18.9 Å². The first-order chi connectivity index (χ1) is 9.56. The van der Waals surface area contributed by atoms with Crippen molar-refractivity contribution in [3.05, 3.63) is 35.4 Å². The molecule has 1 heterocycles. The fraction of sp³-hybridized carbons (Fsp3) is 0.467. The van der Waals surface area contributed by atoms with Gasteiger partial charge in [0, 0.05) is 25.6 Å². The van der Waals surface area contributed by atoms with Gasteiger partial charge in [0.25, 0.3) is 0 Å². The molecule has 0 bridgehead atoms. The van der Waals surface area contributed by atoms with Gasteiger partial charge >= 0.3 is 12.0 Å². The molecule has 1 atom stereocenters. The van der Waals surface area contributed by atoms with Crippen LogP contribution in [0.25, 0.3) is 0 Å². The van der Waals surface area contributed by atoms with Gasteiger partial charge in [0.15, 0.2) is 0 Å². The summed E-state index contributed by atoms with van der Waals surface area (Å²) in [5, 5.41) is 11.2. The molecule has 0 radical (unpaired) electrons. The Labute approximate surface area is 118 Å². The number of carbonyl (C=O) groups is 2. The third-order valence-electron chi connectivity index (χ3n) is 3.60. The molecule has 108 valence electrons.